The van der Waals surface area contributed by atoms with Gasteiger partial charge >= 0.3 is 0 Å². The van der Waals surface area contributed by atoms with Crippen LogP contribution >= 0.6 is 0 Å². The molecule has 0 radical (unpaired) electrons. The normalized spacial score (nSPS) is 12.9. The van der Waals surface area contributed by atoms with Gasteiger partial charge in [-0.1, -0.05) is 24.9 Å². The van der Waals surface area contributed by atoms with E-state index in [2.05, 4.69) is 17.1 Å². The average molecular weight is 221 g/mol. The van der Waals surface area contributed by atoms with Crippen LogP contribution in [-0.2, 0) is 0 Å². The van der Waals surface area contributed by atoms with Crippen molar-refractivity contribution < 1.29 is 8.94 Å². The summed E-state index contributed by atoms with van der Waals surface area (Å²) in [5, 5.41) is 3.86. The summed E-state index contributed by atoms with van der Waals surface area (Å²) < 4.78 is 10.1. The number of hydrogen-bond donors (Lipinski definition) is 1. The topological polar surface area (TPSA) is 78.1 Å². The molecule has 1 atom stereocenters. The van der Waals surface area contributed by atoms with Crippen LogP contribution in [0.15, 0.2) is 27.5 Å². The molecule has 16 heavy (non-hydrogen) atoms. The lowest BCUT2D eigenvalue weighted by molar-refractivity contribution is 0.346. The summed E-state index contributed by atoms with van der Waals surface area (Å²) in [6.45, 7) is 2.12. The van der Waals surface area contributed by atoms with Crippen molar-refractivity contribution >= 4 is 0 Å². The molecule has 86 valence electrons. The van der Waals surface area contributed by atoms with Crippen molar-refractivity contribution in [3.05, 3.63) is 24.5 Å². The summed E-state index contributed by atoms with van der Waals surface area (Å²) in [5.41, 5.74) is 6.73. The van der Waals surface area contributed by atoms with E-state index in [9.17, 15) is 0 Å². The van der Waals surface area contributed by atoms with E-state index in [1.807, 2.05) is 0 Å². The Morgan fingerprint density at radius 3 is 3.06 bits per heavy atom. The van der Waals surface area contributed by atoms with Crippen LogP contribution in [0.2, 0.25) is 0 Å². The lowest BCUT2D eigenvalue weighted by Gasteiger charge is -2.03. The van der Waals surface area contributed by atoms with Crippen LogP contribution < -0.4 is 5.73 Å². The number of unbranched alkanes of at least 4 members (excludes halogenated alkanes) is 1. The molecule has 5 nitrogen and oxygen atoms in total. The highest BCUT2D eigenvalue weighted by Crippen LogP contribution is 2.20. The Morgan fingerprint density at radius 2 is 2.38 bits per heavy atom. The Balaban J connectivity index is 2.07. The molecule has 2 N–H and O–H groups in total. The van der Waals surface area contributed by atoms with Crippen molar-refractivity contribution in [1.29, 1.82) is 0 Å². The third kappa shape index (κ3) is 2.30. The van der Waals surface area contributed by atoms with E-state index in [1.165, 1.54) is 0 Å². The molecule has 0 aliphatic carbocycles. The molecule has 0 fully saturated rings. The van der Waals surface area contributed by atoms with Crippen LogP contribution in [0.4, 0.5) is 0 Å². The largest absolute Gasteiger partial charge is 0.472 e. The van der Waals surface area contributed by atoms with Crippen molar-refractivity contribution in [2.75, 3.05) is 0 Å². The van der Waals surface area contributed by atoms with Gasteiger partial charge in [-0.05, 0) is 12.5 Å². The smallest absolute Gasteiger partial charge is 0.243 e. The van der Waals surface area contributed by atoms with Crippen LogP contribution in [0.1, 0.15) is 38.1 Å². The maximum atomic E-state index is 5.93. The van der Waals surface area contributed by atoms with Gasteiger partial charge in [0.25, 0.3) is 0 Å². The van der Waals surface area contributed by atoms with Gasteiger partial charge in [0, 0.05) is 0 Å². The van der Waals surface area contributed by atoms with E-state index < -0.39 is 0 Å². The van der Waals surface area contributed by atoms with Gasteiger partial charge in [-0.15, -0.1) is 0 Å². The van der Waals surface area contributed by atoms with Crippen molar-refractivity contribution in [2.24, 2.45) is 5.73 Å². The number of furan rings is 1. The fourth-order valence-electron chi connectivity index (χ4n) is 1.44. The molecular weight excluding hydrogens is 206 g/mol. The van der Waals surface area contributed by atoms with E-state index in [4.69, 9.17) is 14.7 Å². The van der Waals surface area contributed by atoms with E-state index in [-0.39, 0.29) is 6.04 Å². The highest BCUT2D eigenvalue weighted by molar-refractivity contribution is 5.51. The summed E-state index contributed by atoms with van der Waals surface area (Å²) in [7, 11) is 0. The van der Waals surface area contributed by atoms with Gasteiger partial charge in [0.1, 0.15) is 6.26 Å². The van der Waals surface area contributed by atoms with Gasteiger partial charge in [-0.3, -0.25) is 0 Å². The Morgan fingerprint density at radius 1 is 1.50 bits per heavy atom. The lowest BCUT2D eigenvalue weighted by Crippen LogP contribution is -2.10. The zero-order chi connectivity index (χ0) is 11.4. The summed E-state index contributed by atoms with van der Waals surface area (Å²) in [6.07, 6.45) is 6.18. The quantitative estimate of drug-likeness (QED) is 0.839. The number of hydrogen-bond acceptors (Lipinski definition) is 5. The van der Waals surface area contributed by atoms with Crippen molar-refractivity contribution in [3.8, 4) is 11.4 Å². The fourth-order valence-corrected chi connectivity index (χ4v) is 1.44. The van der Waals surface area contributed by atoms with Crippen LogP contribution in [0.25, 0.3) is 11.4 Å². The minimum Gasteiger partial charge on any atom is -0.472 e. The Labute approximate surface area is 93.6 Å². The maximum absolute atomic E-state index is 5.93. The summed E-state index contributed by atoms with van der Waals surface area (Å²) in [6, 6.07) is 1.61. The number of nitrogens with zero attached hydrogens (tertiary/aromatic N) is 2. The summed E-state index contributed by atoms with van der Waals surface area (Å²) in [4.78, 5) is 4.24. The molecule has 2 heterocycles. The molecule has 2 rings (SSSR count). The first-order chi connectivity index (χ1) is 7.81. The van der Waals surface area contributed by atoms with Gasteiger partial charge < -0.3 is 14.7 Å². The third-order valence-electron chi connectivity index (χ3n) is 2.41. The molecule has 0 saturated carbocycles. The van der Waals surface area contributed by atoms with Crippen LogP contribution in [0.5, 0.6) is 0 Å². The molecule has 0 spiro atoms. The molecule has 0 bridgehead atoms. The van der Waals surface area contributed by atoms with Gasteiger partial charge in [0.2, 0.25) is 11.7 Å². The molecule has 2 aromatic heterocycles. The highest BCUT2D eigenvalue weighted by atomic mass is 16.5. The standard InChI is InChI=1S/C11H15N3O2/c1-2-3-4-9(12)11-13-10(14-16-11)8-5-6-15-7-8/h5-7,9H,2-4,12H2,1H3. The predicted octanol–water partition coefficient (Wildman–Crippen LogP) is 2.52. The van der Waals surface area contributed by atoms with Gasteiger partial charge in [0.15, 0.2) is 0 Å². The third-order valence-corrected chi connectivity index (χ3v) is 2.41. The van der Waals surface area contributed by atoms with E-state index >= 15 is 0 Å². The number of aromatic nitrogens is 2. The summed E-state index contributed by atoms with van der Waals surface area (Å²) >= 11 is 0. The molecule has 0 saturated heterocycles. The molecule has 0 aliphatic rings. The van der Waals surface area contributed by atoms with Crippen molar-refractivity contribution in [3.63, 3.8) is 0 Å². The van der Waals surface area contributed by atoms with Gasteiger partial charge in [-0.2, -0.15) is 4.98 Å². The Kier molecular flexibility index (Phi) is 3.36. The Hall–Kier alpha value is -1.62. The zero-order valence-corrected chi connectivity index (χ0v) is 9.22. The van der Waals surface area contributed by atoms with Crippen LogP contribution in [0.3, 0.4) is 0 Å². The second-order valence-electron chi connectivity index (χ2n) is 3.72. The number of rotatable bonds is 5. The molecular formula is C11H15N3O2. The summed E-state index contributed by atoms with van der Waals surface area (Å²) in [5.74, 6) is 1.01. The lowest BCUT2D eigenvalue weighted by atomic mass is 10.1. The second-order valence-corrected chi connectivity index (χ2v) is 3.72. The number of nitrogens with two attached hydrogens (primary N) is 1. The first kappa shape index (κ1) is 10.9. The molecule has 0 aromatic carbocycles. The van der Waals surface area contributed by atoms with Crippen molar-refractivity contribution in [2.45, 2.75) is 32.2 Å². The highest BCUT2D eigenvalue weighted by Gasteiger charge is 2.15. The van der Waals surface area contributed by atoms with Gasteiger partial charge in [-0.25, -0.2) is 0 Å². The molecule has 0 aliphatic heterocycles. The zero-order valence-electron chi connectivity index (χ0n) is 9.22. The monoisotopic (exact) mass is 221 g/mol. The van der Waals surface area contributed by atoms with E-state index in [0.29, 0.717) is 11.7 Å². The molecule has 5 heteroatoms. The van der Waals surface area contributed by atoms with E-state index in [1.54, 1.807) is 18.6 Å². The van der Waals surface area contributed by atoms with Crippen LogP contribution in [0, 0.1) is 0 Å². The molecule has 0 amide bonds. The molecule has 2 aromatic rings. The predicted molar refractivity (Wildman–Crippen MR) is 58.5 cm³/mol. The average Bonchev–Trinajstić information content (AvgIpc) is 2.94. The second kappa shape index (κ2) is 4.94. The van der Waals surface area contributed by atoms with Crippen molar-refractivity contribution in [1.82, 2.24) is 10.1 Å². The first-order valence-electron chi connectivity index (χ1n) is 5.43. The van der Waals surface area contributed by atoms with E-state index in [0.717, 1.165) is 24.8 Å². The minimum atomic E-state index is -0.173. The Bertz CT molecular complexity index is 422. The first-order valence-corrected chi connectivity index (χ1v) is 5.43. The van der Waals surface area contributed by atoms with Gasteiger partial charge in [0.05, 0.1) is 17.9 Å². The fraction of sp³-hybridized carbons (Fsp3) is 0.455. The minimum absolute atomic E-state index is 0.173. The SMILES string of the molecule is CCCCC(N)c1nc(-c2ccoc2)no1. The molecule has 1 unspecified atom stereocenters. The van der Waals surface area contributed by atoms with Crippen LogP contribution in [-0.4, -0.2) is 10.1 Å². The maximum Gasteiger partial charge on any atom is 0.243 e.